The molecular formula is C13H13NO4S. The van der Waals surface area contributed by atoms with Gasteiger partial charge in [0.25, 0.3) is 0 Å². The Balaban J connectivity index is 1.76. The molecule has 1 fully saturated rings. The smallest absolute Gasteiger partial charge is 0.202 e. The standard InChI is InChI=1S/C13H13NO4S/c15-11(9-5-6-19(16,17)8-9)7-13-14-10-3-1-2-4-12(10)18-13/h1-4,9H,5-8H2. The van der Waals surface area contributed by atoms with Gasteiger partial charge >= 0.3 is 0 Å². The Morgan fingerprint density at radius 3 is 2.84 bits per heavy atom. The second-order valence-corrected chi connectivity index (χ2v) is 7.05. The van der Waals surface area contributed by atoms with Crippen LogP contribution in [0.15, 0.2) is 28.7 Å². The highest BCUT2D eigenvalue weighted by molar-refractivity contribution is 7.91. The van der Waals surface area contributed by atoms with Gasteiger partial charge in [0.2, 0.25) is 5.89 Å². The number of hydrogen-bond acceptors (Lipinski definition) is 5. The zero-order valence-electron chi connectivity index (χ0n) is 10.2. The Labute approximate surface area is 110 Å². The van der Waals surface area contributed by atoms with Gasteiger partial charge < -0.3 is 4.42 Å². The number of hydrogen-bond donors (Lipinski definition) is 0. The number of Topliss-reactive ketones (excluding diaryl/α,β-unsaturated/α-hetero) is 1. The number of rotatable bonds is 3. The number of fused-ring (bicyclic) bond motifs is 1. The van der Waals surface area contributed by atoms with E-state index in [4.69, 9.17) is 4.42 Å². The van der Waals surface area contributed by atoms with Gasteiger partial charge in [-0.1, -0.05) is 12.1 Å². The van der Waals surface area contributed by atoms with Crippen LogP contribution in [0.25, 0.3) is 11.1 Å². The molecule has 1 aliphatic rings. The SMILES string of the molecule is O=C(Cc1nc2ccccc2o1)C1CCS(=O)(=O)C1. The number of nitrogens with zero attached hydrogens (tertiary/aromatic N) is 1. The lowest BCUT2D eigenvalue weighted by molar-refractivity contribution is -0.121. The molecule has 0 saturated carbocycles. The van der Waals surface area contributed by atoms with Crippen LogP contribution < -0.4 is 0 Å². The van der Waals surface area contributed by atoms with Crippen molar-refractivity contribution >= 4 is 26.7 Å². The summed E-state index contributed by atoms with van der Waals surface area (Å²) in [4.78, 5) is 16.2. The van der Waals surface area contributed by atoms with E-state index in [1.165, 1.54) is 0 Å². The van der Waals surface area contributed by atoms with Crippen molar-refractivity contribution in [3.63, 3.8) is 0 Å². The maximum absolute atomic E-state index is 12.0. The first-order valence-electron chi connectivity index (χ1n) is 6.11. The highest BCUT2D eigenvalue weighted by Gasteiger charge is 2.33. The molecule has 0 amide bonds. The first kappa shape index (κ1) is 12.3. The summed E-state index contributed by atoms with van der Waals surface area (Å²) in [6.07, 6.45) is 0.482. The Kier molecular flexibility index (Phi) is 2.89. The van der Waals surface area contributed by atoms with Crippen LogP contribution in [0.2, 0.25) is 0 Å². The van der Waals surface area contributed by atoms with Crippen molar-refractivity contribution < 1.29 is 17.6 Å². The number of sulfone groups is 1. The van der Waals surface area contributed by atoms with E-state index in [9.17, 15) is 13.2 Å². The average Bonchev–Trinajstić information content (AvgIpc) is 2.91. The van der Waals surface area contributed by atoms with Crippen molar-refractivity contribution in [1.29, 1.82) is 0 Å². The van der Waals surface area contributed by atoms with Gasteiger partial charge in [-0.3, -0.25) is 4.79 Å². The van der Waals surface area contributed by atoms with Crippen LogP contribution in [0.5, 0.6) is 0 Å². The summed E-state index contributed by atoms with van der Waals surface area (Å²) < 4.78 is 28.2. The van der Waals surface area contributed by atoms with Crippen LogP contribution >= 0.6 is 0 Å². The largest absolute Gasteiger partial charge is 0.440 e. The van der Waals surface area contributed by atoms with Crippen LogP contribution in [0.3, 0.4) is 0 Å². The van der Waals surface area contributed by atoms with Crippen molar-refractivity contribution in [1.82, 2.24) is 4.98 Å². The molecule has 2 aromatic rings. The average molecular weight is 279 g/mol. The second-order valence-electron chi connectivity index (χ2n) is 4.82. The highest BCUT2D eigenvalue weighted by atomic mass is 32.2. The third-order valence-corrected chi connectivity index (χ3v) is 5.12. The van der Waals surface area contributed by atoms with Crippen molar-refractivity contribution in [2.45, 2.75) is 12.8 Å². The summed E-state index contributed by atoms with van der Waals surface area (Å²) in [6, 6.07) is 7.28. The van der Waals surface area contributed by atoms with Gasteiger partial charge in [0.15, 0.2) is 15.4 Å². The van der Waals surface area contributed by atoms with E-state index >= 15 is 0 Å². The van der Waals surface area contributed by atoms with Crippen molar-refractivity contribution in [2.75, 3.05) is 11.5 Å². The molecule has 0 radical (unpaired) electrons. The summed E-state index contributed by atoms with van der Waals surface area (Å²) in [5, 5.41) is 0. The van der Waals surface area contributed by atoms with E-state index in [0.29, 0.717) is 23.4 Å². The summed E-state index contributed by atoms with van der Waals surface area (Å²) in [6.45, 7) is 0. The molecule has 1 aromatic heterocycles. The normalized spacial score (nSPS) is 21.8. The first-order valence-corrected chi connectivity index (χ1v) is 7.93. The molecule has 1 atom stereocenters. The number of carbonyl (C=O) groups is 1. The van der Waals surface area contributed by atoms with Crippen molar-refractivity contribution in [2.24, 2.45) is 5.92 Å². The summed E-state index contributed by atoms with van der Waals surface area (Å²) in [5.41, 5.74) is 1.36. The molecule has 3 rings (SSSR count). The molecule has 1 aliphatic heterocycles. The molecule has 1 saturated heterocycles. The molecule has 0 bridgehead atoms. The fourth-order valence-corrected chi connectivity index (χ4v) is 4.11. The predicted octanol–water partition coefficient (Wildman–Crippen LogP) is 1.37. The highest BCUT2D eigenvalue weighted by Crippen LogP contribution is 2.22. The van der Waals surface area contributed by atoms with E-state index in [0.717, 1.165) is 0 Å². The van der Waals surface area contributed by atoms with Crippen molar-refractivity contribution in [3.8, 4) is 0 Å². The van der Waals surface area contributed by atoms with Gasteiger partial charge in [-0.15, -0.1) is 0 Å². The Morgan fingerprint density at radius 1 is 1.37 bits per heavy atom. The lowest BCUT2D eigenvalue weighted by Gasteiger charge is -2.03. The Morgan fingerprint density at radius 2 is 2.16 bits per heavy atom. The third kappa shape index (κ3) is 2.53. The van der Waals surface area contributed by atoms with Crippen molar-refractivity contribution in [3.05, 3.63) is 30.2 Å². The minimum atomic E-state index is -3.03. The molecule has 0 aliphatic carbocycles. The second kappa shape index (κ2) is 4.45. The zero-order chi connectivity index (χ0) is 13.5. The van der Waals surface area contributed by atoms with E-state index in [1.54, 1.807) is 6.07 Å². The van der Waals surface area contributed by atoms with Crippen LogP contribution in [0, 0.1) is 5.92 Å². The Hall–Kier alpha value is -1.69. The molecule has 2 heterocycles. The summed E-state index contributed by atoms with van der Waals surface area (Å²) in [5.74, 6) is -0.0774. The quantitative estimate of drug-likeness (QED) is 0.848. The minimum absolute atomic E-state index is 0.0357. The van der Waals surface area contributed by atoms with E-state index < -0.39 is 15.8 Å². The summed E-state index contributed by atoms with van der Waals surface area (Å²) >= 11 is 0. The topological polar surface area (TPSA) is 77.2 Å². The maximum atomic E-state index is 12.0. The molecule has 6 heteroatoms. The van der Waals surface area contributed by atoms with Gasteiger partial charge in [-0.25, -0.2) is 13.4 Å². The van der Waals surface area contributed by atoms with Gasteiger partial charge in [0, 0.05) is 5.92 Å². The van der Waals surface area contributed by atoms with Crippen LogP contribution in [-0.2, 0) is 21.1 Å². The predicted molar refractivity (Wildman–Crippen MR) is 69.5 cm³/mol. The first-order chi connectivity index (χ1) is 9.03. The third-order valence-electron chi connectivity index (χ3n) is 3.35. The monoisotopic (exact) mass is 279 g/mol. The van der Waals surface area contributed by atoms with Gasteiger partial charge in [0.05, 0.1) is 17.9 Å². The molecule has 0 N–H and O–H groups in total. The minimum Gasteiger partial charge on any atom is -0.440 e. The molecule has 0 spiro atoms. The maximum Gasteiger partial charge on any atom is 0.202 e. The number of aromatic nitrogens is 1. The van der Waals surface area contributed by atoms with E-state index in [-0.39, 0.29) is 23.7 Å². The molecule has 1 unspecified atom stereocenters. The van der Waals surface area contributed by atoms with Gasteiger partial charge in [-0.2, -0.15) is 0 Å². The lowest BCUT2D eigenvalue weighted by Crippen LogP contribution is -2.18. The molecule has 1 aromatic carbocycles. The Bertz CT molecular complexity index is 699. The number of ketones is 1. The molecule has 5 nitrogen and oxygen atoms in total. The van der Waals surface area contributed by atoms with Gasteiger partial charge in [-0.05, 0) is 18.6 Å². The van der Waals surface area contributed by atoms with Crippen LogP contribution in [0.1, 0.15) is 12.3 Å². The van der Waals surface area contributed by atoms with Gasteiger partial charge in [0.1, 0.15) is 11.3 Å². The lowest BCUT2D eigenvalue weighted by atomic mass is 10.0. The number of para-hydroxylation sites is 2. The molecule has 19 heavy (non-hydrogen) atoms. The molecular weight excluding hydrogens is 266 g/mol. The van der Waals surface area contributed by atoms with Crippen LogP contribution in [-0.4, -0.2) is 30.7 Å². The number of benzene rings is 1. The fraction of sp³-hybridized carbons (Fsp3) is 0.385. The van der Waals surface area contributed by atoms with Crippen LogP contribution in [0.4, 0.5) is 0 Å². The van der Waals surface area contributed by atoms with E-state index in [1.807, 2.05) is 18.2 Å². The molecule has 100 valence electrons. The number of carbonyl (C=O) groups excluding carboxylic acids is 1. The number of oxazole rings is 1. The fourth-order valence-electron chi connectivity index (χ4n) is 2.34. The summed E-state index contributed by atoms with van der Waals surface area (Å²) in [7, 11) is -3.03. The zero-order valence-corrected chi connectivity index (χ0v) is 11.0. The van der Waals surface area contributed by atoms with E-state index in [2.05, 4.69) is 4.98 Å².